The van der Waals surface area contributed by atoms with Gasteiger partial charge in [-0.05, 0) is 18.4 Å². The van der Waals surface area contributed by atoms with Crippen molar-refractivity contribution >= 4 is 11.9 Å². The summed E-state index contributed by atoms with van der Waals surface area (Å²) in [6, 6.07) is 10.2. The molecule has 0 aromatic heterocycles. The highest BCUT2D eigenvalue weighted by Crippen LogP contribution is 2.26. The number of rotatable bonds is 8. The Morgan fingerprint density at radius 3 is 2.48 bits per heavy atom. The molecule has 1 N–H and O–H groups in total. The number of hydrogen-bond donors (Lipinski definition) is 1. The van der Waals surface area contributed by atoms with E-state index in [0.717, 1.165) is 18.4 Å². The first-order valence-corrected chi connectivity index (χ1v) is 7.30. The van der Waals surface area contributed by atoms with E-state index in [1.807, 2.05) is 35.2 Å². The van der Waals surface area contributed by atoms with E-state index in [9.17, 15) is 9.59 Å². The predicted octanol–water partition coefficient (Wildman–Crippen LogP) is 1.58. The highest BCUT2D eigenvalue weighted by Gasteiger charge is 2.30. The van der Waals surface area contributed by atoms with Crippen molar-refractivity contribution in [2.24, 2.45) is 0 Å². The van der Waals surface area contributed by atoms with E-state index in [-0.39, 0.29) is 12.3 Å². The molecule has 0 atom stereocenters. The largest absolute Gasteiger partial charge is 0.481 e. The molecule has 0 heterocycles. The Labute approximate surface area is 125 Å². The van der Waals surface area contributed by atoms with Crippen molar-refractivity contribution in [3.63, 3.8) is 0 Å². The van der Waals surface area contributed by atoms with E-state index in [1.165, 1.54) is 0 Å². The van der Waals surface area contributed by atoms with Gasteiger partial charge < -0.3 is 10.0 Å². The second kappa shape index (κ2) is 7.22. The van der Waals surface area contributed by atoms with Crippen molar-refractivity contribution in [1.82, 2.24) is 9.80 Å². The average Bonchev–Trinajstić information content (AvgIpc) is 3.28. The maximum Gasteiger partial charge on any atom is 0.304 e. The molecule has 1 aromatic rings. The summed E-state index contributed by atoms with van der Waals surface area (Å²) >= 11 is 0. The third kappa shape index (κ3) is 5.19. The Morgan fingerprint density at radius 1 is 1.24 bits per heavy atom. The predicted molar refractivity (Wildman–Crippen MR) is 79.8 cm³/mol. The van der Waals surface area contributed by atoms with Crippen molar-refractivity contribution in [3.05, 3.63) is 35.9 Å². The van der Waals surface area contributed by atoms with Gasteiger partial charge in [0.15, 0.2) is 0 Å². The smallest absolute Gasteiger partial charge is 0.304 e. The van der Waals surface area contributed by atoms with Gasteiger partial charge in [0.25, 0.3) is 0 Å². The number of nitrogens with zero attached hydrogens (tertiary/aromatic N) is 2. The second-order valence-electron chi connectivity index (χ2n) is 5.58. The Bertz CT molecular complexity index is 486. The number of carbonyl (C=O) groups is 2. The molecule has 1 aliphatic carbocycles. The number of carboxylic acids is 1. The molecule has 1 aliphatic rings. The van der Waals surface area contributed by atoms with Crippen LogP contribution in [0.5, 0.6) is 0 Å². The summed E-state index contributed by atoms with van der Waals surface area (Å²) in [5.74, 6) is -0.776. The van der Waals surface area contributed by atoms with E-state index in [4.69, 9.17) is 5.11 Å². The third-order valence-corrected chi connectivity index (χ3v) is 3.70. The summed E-state index contributed by atoms with van der Waals surface area (Å²) in [5, 5.41) is 8.78. The van der Waals surface area contributed by atoms with E-state index >= 15 is 0 Å². The number of hydrogen-bond acceptors (Lipinski definition) is 3. The molecular formula is C16H22N2O3. The lowest BCUT2D eigenvalue weighted by Gasteiger charge is -2.24. The molecule has 0 bridgehead atoms. The number of carbonyl (C=O) groups excluding carboxylic acids is 1. The van der Waals surface area contributed by atoms with Gasteiger partial charge in [-0.2, -0.15) is 0 Å². The molecule has 0 spiro atoms. The number of carboxylic acid groups (broad SMARTS) is 1. The molecule has 5 nitrogen and oxygen atoms in total. The van der Waals surface area contributed by atoms with Crippen LogP contribution in [0.15, 0.2) is 30.3 Å². The first-order chi connectivity index (χ1) is 10.1. The molecule has 0 unspecified atom stereocenters. The van der Waals surface area contributed by atoms with E-state index in [0.29, 0.717) is 25.7 Å². The van der Waals surface area contributed by atoms with Crippen LogP contribution < -0.4 is 0 Å². The molecule has 1 fully saturated rings. The van der Waals surface area contributed by atoms with Crippen LogP contribution in [0.2, 0.25) is 0 Å². The molecule has 2 rings (SSSR count). The second-order valence-corrected chi connectivity index (χ2v) is 5.58. The van der Waals surface area contributed by atoms with Crippen molar-refractivity contribution in [2.45, 2.75) is 31.8 Å². The SMILES string of the molecule is CN(Cc1ccccc1)C(=O)CN(CCC(=O)O)C1CC1. The van der Waals surface area contributed by atoms with Crippen LogP contribution in [0.3, 0.4) is 0 Å². The molecule has 0 saturated heterocycles. The Kier molecular flexibility index (Phi) is 5.33. The minimum atomic E-state index is -0.814. The summed E-state index contributed by atoms with van der Waals surface area (Å²) in [7, 11) is 1.79. The van der Waals surface area contributed by atoms with Crippen molar-refractivity contribution in [2.75, 3.05) is 20.1 Å². The Morgan fingerprint density at radius 2 is 1.90 bits per heavy atom. The summed E-state index contributed by atoms with van der Waals surface area (Å²) < 4.78 is 0. The fourth-order valence-electron chi connectivity index (χ4n) is 2.31. The molecule has 21 heavy (non-hydrogen) atoms. The van der Waals surface area contributed by atoms with Crippen molar-refractivity contribution in [3.8, 4) is 0 Å². The van der Waals surface area contributed by atoms with Gasteiger partial charge in [-0.15, -0.1) is 0 Å². The van der Waals surface area contributed by atoms with Crippen LogP contribution in [-0.4, -0.2) is 53.0 Å². The normalized spacial score (nSPS) is 14.2. The Hall–Kier alpha value is -1.88. The maximum absolute atomic E-state index is 12.3. The number of amides is 1. The molecule has 114 valence electrons. The summed E-state index contributed by atoms with van der Waals surface area (Å²) in [5.41, 5.74) is 1.09. The monoisotopic (exact) mass is 290 g/mol. The number of aliphatic carboxylic acids is 1. The molecule has 0 aliphatic heterocycles. The average molecular weight is 290 g/mol. The van der Waals surface area contributed by atoms with Gasteiger partial charge in [0, 0.05) is 26.2 Å². The third-order valence-electron chi connectivity index (χ3n) is 3.70. The first-order valence-electron chi connectivity index (χ1n) is 7.30. The van der Waals surface area contributed by atoms with Gasteiger partial charge in [0.05, 0.1) is 13.0 Å². The molecule has 1 aromatic carbocycles. The van der Waals surface area contributed by atoms with Crippen LogP contribution in [0.4, 0.5) is 0 Å². The first kappa shape index (κ1) is 15.5. The zero-order valence-corrected chi connectivity index (χ0v) is 12.4. The van der Waals surface area contributed by atoms with Gasteiger partial charge >= 0.3 is 5.97 Å². The standard InChI is InChI=1S/C16H22N2O3/c1-17(11-13-5-3-2-4-6-13)15(19)12-18(14-7-8-14)10-9-16(20)21/h2-6,14H,7-12H2,1H3,(H,20,21). The fraction of sp³-hybridized carbons (Fsp3) is 0.500. The zero-order valence-electron chi connectivity index (χ0n) is 12.4. The van der Waals surface area contributed by atoms with E-state index in [1.54, 1.807) is 11.9 Å². The lowest BCUT2D eigenvalue weighted by Crippen LogP contribution is -2.40. The van der Waals surface area contributed by atoms with Crippen molar-refractivity contribution < 1.29 is 14.7 Å². The minimum Gasteiger partial charge on any atom is -0.481 e. The van der Waals surface area contributed by atoms with Crippen molar-refractivity contribution in [1.29, 1.82) is 0 Å². The molecule has 1 amide bonds. The summed E-state index contributed by atoms with van der Waals surface area (Å²) in [6.07, 6.45) is 2.22. The molecule has 1 saturated carbocycles. The van der Waals surface area contributed by atoms with Crippen LogP contribution in [0.1, 0.15) is 24.8 Å². The van der Waals surface area contributed by atoms with Crippen LogP contribution in [-0.2, 0) is 16.1 Å². The van der Waals surface area contributed by atoms with Gasteiger partial charge in [-0.1, -0.05) is 30.3 Å². The highest BCUT2D eigenvalue weighted by atomic mass is 16.4. The quantitative estimate of drug-likeness (QED) is 0.789. The van der Waals surface area contributed by atoms with Crippen LogP contribution in [0, 0.1) is 0 Å². The van der Waals surface area contributed by atoms with Crippen LogP contribution in [0.25, 0.3) is 0 Å². The topological polar surface area (TPSA) is 60.9 Å². The summed E-state index contributed by atoms with van der Waals surface area (Å²) in [4.78, 5) is 26.7. The lowest BCUT2D eigenvalue weighted by molar-refractivity contribution is -0.138. The summed E-state index contributed by atoms with van der Waals surface area (Å²) in [6.45, 7) is 1.34. The highest BCUT2D eigenvalue weighted by molar-refractivity contribution is 5.78. The fourth-order valence-corrected chi connectivity index (χ4v) is 2.31. The molecule has 5 heteroatoms. The van der Waals surface area contributed by atoms with Gasteiger partial charge in [-0.25, -0.2) is 0 Å². The number of likely N-dealkylation sites (N-methyl/N-ethyl adjacent to an activating group) is 1. The zero-order chi connectivity index (χ0) is 15.2. The minimum absolute atomic E-state index is 0.0381. The maximum atomic E-state index is 12.3. The van der Waals surface area contributed by atoms with Gasteiger partial charge in [0.2, 0.25) is 5.91 Å². The number of benzene rings is 1. The molecular weight excluding hydrogens is 268 g/mol. The lowest BCUT2D eigenvalue weighted by atomic mass is 10.2. The van der Waals surface area contributed by atoms with Crippen LogP contribution >= 0.6 is 0 Å². The Balaban J connectivity index is 1.84. The van der Waals surface area contributed by atoms with Gasteiger partial charge in [-0.3, -0.25) is 14.5 Å². The molecule has 0 radical (unpaired) electrons. The van der Waals surface area contributed by atoms with E-state index in [2.05, 4.69) is 0 Å². The van der Waals surface area contributed by atoms with E-state index < -0.39 is 5.97 Å². The van der Waals surface area contributed by atoms with Gasteiger partial charge in [0.1, 0.15) is 0 Å².